The van der Waals surface area contributed by atoms with Crippen LogP contribution < -0.4 is 5.32 Å². The van der Waals surface area contributed by atoms with Gasteiger partial charge in [-0.1, -0.05) is 28.1 Å². The number of imide groups is 1. The normalized spacial score (nSPS) is 31.9. The lowest BCUT2D eigenvalue weighted by Gasteiger charge is -2.53. The maximum Gasteiger partial charge on any atom is 0.234 e. The van der Waals surface area contributed by atoms with Crippen molar-refractivity contribution in [1.82, 2.24) is 5.32 Å². The SMILES string of the molecule is CCOC1CC2(CC(=O)NC(=O)C2c2cccc(Br)c2)C1. The number of ether oxygens (including phenoxy) is 1. The largest absolute Gasteiger partial charge is 0.378 e. The van der Waals surface area contributed by atoms with Crippen LogP contribution >= 0.6 is 15.9 Å². The van der Waals surface area contributed by atoms with Crippen LogP contribution in [0.1, 0.15) is 37.7 Å². The lowest BCUT2D eigenvalue weighted by atomic mass is 9.54. The van der Waals surface area contributed by atoms with Gasteiger partial charge in [-0.05, 0) is 42.9 Å². The molecule has 1 heterocycles. The molecule has 4 nitrogen and oxygen atoms in total. The highest BCUT2D eigenvalue weighted by molar-refractivity contribution is 9.10. The van der Waals surface area contributed by atoms with Gasteiger partial charge in [0.2, 0.25) is 11.8 Å². The number of amides is 2. The molecule has 112 valence electrons. The number of hydrogen-bond acceptors (Lipinski definition) is 3. The van der Waals surface area contributed by atoms with Crippen LogP contribution in [0.4, 0.5) is 0 Å². The lowest BCUT2D eigenvalue weighted by molar-refractivity contribution is -0.153. The predicted molar refractivity (Wildman–Crippen MR) is 81.7 cm³/mol. The molecule has 1 aliphatic heterocycles. The van der Waals surface area contributed by atoms with E-state index in [1.165, 1.54) is 0 Å². The molecular weight excluding hydrogens is 334 g/mol. The number of nitrogens with one attached hydrogen (secondary N) is 1. The molecule has 2 amide bonds. The van der Waals surface area contributed by atoms with Crippen molar-refractivity contribution < 1.29 is 14.3 Å². The van der Waals surface area contributed by atoms with Crippen LogP contribution in [-0.2, 0) is 14.3 Å². The summed E-state index contributed by atoms with van der Waals surface area (Å²) in [4.78, 5) is 24.2. The van der Waals surface area contributed by atoms with Crippen molar-refractivity contribution >= 4 is 27.7 Å². The minimum absolute atomic E-state index is 0.166. The van der Waals surface area contributed by atoms with E-state index in [0.29, 0.717) is 13.0 Å². The maximum atomic E-state index is 12.4. The molecule has 1 unspecified atom stereocenters. The quantitative estimate of drug-likeness (QED) is 0.852. The summed E-state index contributed by atoms with van der Waals surface area (Å²) in [6.45, 7) is 2.64. The molecule has 1 atom stereocenters. The fourth-order valence-corrected chi connectivity index (χ4v) is 4.14. The van der Waals surface area contributed by atoms with E-state index < -0.39 is 0 Å². The van der Waals surface area contributed by atoms with E-state index in [-0.39, 0.29) is 29.3 Å². The van der Waals surface area contributed by atoms with Crippen LogP contribution in [0, 0.1) is 5.41 Å². The molecule has 1 saturated carbocycles. The summed E-state index contributed by atoms with van der Waals surface area (Å²) in [6.07, 6.45) is 2.12. The van der Waals surface area contributed by atoms with Crippen molar-refractivity contribution in [3.05, 3.63) is 34.3 Å². The van der Waals surface area contributed by atoms with Crippen molar-refractivity contribution in [2.24, 2.45) is 5.41 Å². The first-order chi connectivity index (χ1) is 10.0. The molecule has 2 aliphatic rings. The summed E-state index contributed by atoms with van der Waals surface area (Å²) in [6, 6.07) is 7.79. The molecule has 1 aromatic rings. The lowest BCUT2D eigenvalue weighted by Crippen LogP contribution is -2.57. The Labute approximate surface area is 132 Å². The number of rotatable bonds is 3. The molecule has 0 aromatic heterocycles. The minimum Gasteiger partial charge on any atom is -0.378 e. The Bertz CT molecular complexity index is 581. The van der Waals surface area contributed by atoms with E-state index in [1.54, 1.807) is 0 Å². The Morgan fingerprint density at radius 2 is 2.14 bits per heavy atom. The average molecular weight is 352 g/mol. The monoisotopic (exact) mass is 351 g/mol. The molecule has 2 fully saturated rings. The summed E-state index contributed by atoms with van der Waals surface area (Å²) in [5.41, 5.74) is 0.685. The van der Waals surface area contributed by atoms with E-state index in [0.717, 1.165) is 22.9 Å². The van der Waals surface area contributed by atoms with Gasteiger partial charge in [-0.25, -0.2) is 0 Å². The van der Waals surface area contributed by atoms with Gasteiger partial charge in [-0.2, -0.15) is 0 Å². The predicted octanol–water partition coefficient (Wildman–Crippen LogP) is 2.76. The molecule has 1 saturated heterocycles. The van der Waals surface area contributed by atoms with E-state index in [2.05, 4.69) is 21.2 Å². The van der Waals surface area contributed by atoms with Gasteiger partial charge >= 0.3 is 0 Å². The van der Waals surface area contributed by atoms with Crippen molar-refractivity contribution in [2.45, 2.75) is 38.2 Å². The number of carbonyl (C=O) groups excluding carboxylic acids is 2. The molecule has 5 heteroatoms. The van der Waals surface area contributed by atoms with Crippen LogP contribution in [0.2, 0.25) is 0 Å². The Hall–Kier alpha value is -1.20. The van der Waals surface area contributed by atoms with E-state index in [9.17, 15) is 9.59 Å². The van der Waals surface area contributed by atoms with Crippen molar-refractivity contribution in [1.29, 1.82) is 0 Å². The minimum atomic E-state index is -0.278. The Kier molecular flexibility index (Phi) is 3.88. The average Bonchev–Trinajstić information content (AvgIpc) is 2.36. The van der Waals surface area contributed by atoms with Gasteiger partial charge < -0.3 is 4.74 Å². The van der Waals surface area contributed by atoms with Crippen LogP contribution in [0.3, 0.4) is 0 Å². The molecule has 1 N–H and O–H groups in total. The second-order valence-corrected chi connectivity index (χ2v) is 6.84. The highest BCUT2D eigenvalue weighted by Gasteiger charge is 2.56. The molecule has 3 rings (SSSR count). The zero-order valence-corrected chi connectivity index (χ0v) is 13.5. The van der Waals surface area contributed by atoms with Gasteiger partial charge in [-0.15, -0.1) is 0 Å². The van der Waals surface area contributed by atoms with E-state index >= 15 is 0 Å². The fraction of sp³-hybridized carbons (Fsp3) is 0.500. The number of carbonyl (C=O) groups is 2. The second kappa shape index (κ2) is 5.54. The van der Waals surface area contributed by atoms with Gasteiger partial charge in [0.1, 0.15) is 0 Å². The number of benzene rings is 1. The van der Waals surface area contributed by atoms with Crippen LogP contribution in [0.15, 0.2) is 28.7 Å². The van der Waals surface area contributed by atoms with Gasteiger partial charge in [0.15, 0.2) is 0 Å². The molecule has 0 radical (unpaired) electrons. The molecule has 21 heavy (non-hydrogen) atoms. The van der Waals surface area contributed by atoms with Gasteiger partial charge in [0.25, 0.3) is 0 Å². The third kappa shape index (κ3) is 2.64. The Morgan fingerprint density at radius 1 is 1.38 bits per heavy atom. The maximum absolute atomic E-state index is 12.4. The van der Waals surface area contributed by atoms with Crippen molar-refractivity contribution in [3.63, 3.8) is 0 Å². The fourth-order valence-electron chi connectivity index (χ4n) is 3.73. The summed E-state index contributed by atoms with van der Waals surface area (Å²) in [5, 5.41) is 2.48. The first-order valence-electron chi connectivity index (χ1n) is 7.25. The first-order valence-corrected chi connectivity index (χ1v) is 8.04. The van der Waals surface area contributed by atoms with Crippen molar-refractivity contribution in [3.8, 4) is 0 Å². The van der Waals surface area contributed by atoms with Crippen molar-refractivity contribution in [2.75, 3.05) is 6.61 Å². The summed E-state index contributed by atoms with van der Waals surface area (Å²) < 4.78 is 6.58. The summed E-state index contributed by atoms with van der Waals surface area (Å²) in [5.74, 6) is -0.620. The zero-order chi connectivity index (χ0) is 15.0. The van der Waals surface area contributed by atoms with E-state index in [1.807, 2.05) is 31.2 Å². The second-order valence-electron chi connectivity index (χ2n) is 5.93. The number of hydrogen-bond donors (Lipinski definition) is 1. The first kappa shape index (κ1) is 14.7. The summed E-state index contributed by atoms with van der Waals surface area (Å²) in [7, 11) is 0. The Balaban J connectivity index is 1.91. The molecular formula is C16H18BrNO3. The smallest absolute Gasteiger partial charge is 0.234 e. The summed E-state index contributed by atoms with van der Waals surface area (Å²) >= 11 is 3.45. The topological polar surface area (TPSA) is 55.4 Å². The van der Waals surface area contributed by atoms with Crippen LogP contribution in [0.25, 0.3) is 0 Å². The third-order valence-corrected chi connectivity index (χ3v) is 5.00. The van der Waals surface area contributed by atoms with Gasteiger partial charge in [0.05, 0.1) is 12.0 Å². The third-order valence-electron chi connectivity index (χ3n) is 4.50. The van der Waals surface area contributed by atoms with Gasteiger partial charge in [0, 0.05) is 17.5 Å². The van der Waals surface area contributed by atoms with Gasteiger partial charge in [-0.3, -0.25) is 14.9 Å². The Morgan fingerprint density at radius 3 is 2.81 bits per heavy atom. The van der Waals surface area contributed by atoms with Crippen LogP contribution in [0.5, 0.6) is 0 Å². The van der Waals surface area contributed by atoms with Crippen LogP contribution in [-0.4, -0.2) is 24.5 Å². The highest BCUT2D eigenvalue weighted by Crippen LogP contribution is 2.56. The molecule has 0 bridgehead atoms. The number of piperidine rings is 1. The zero-order valence-electron chi connectivity index (χ0n) is 11.9. The van der Waals surface area contributed by atoms with E-state index in [4.69, 9.17) is 4.74 Å². The standard InChI is InChI=1S/C16H18BrNO3/c1-2-21-12-7-16(8-12)9-13(19)18-15(20)14(16)10-4-3-5-11(17)6-10/h3-6,12,14H,2,7-9H2,1H3,(H,18,19,20). The highest BCUT2D eigenvalue weighted by atomic mass is 79.9. The molecule has 1 aromatic carbocycles. The number of halogens is 1. The molecule has 1 spiro atoms. The molecule has 1 aliphatic carbocycles.